The Labute approximate surface area is 153 Å². The van der Waals surface area contributed by atoms with Crippen LogP contribution in [0.4, 0.5) is 5.69 Å². The Balaban J connectivity index is 1.57. The van der Waals surface area contributed by atoms with Crippen LogP contribution in [-0.4, -0.2) is 18.5 Å². The van der Waals surface area contributed by atoms with Crippen molar-refractivity contribution in [2.75, 3.05) is 11.9 Å². The fourth-order valence-electron chi connectivity index (χ4n) is 2.58. The van der Waals surface area contributed by atoms with Crippen LogP contribution in [0.2, 0.25) is 10.0 Å². The largest absolute Gasteiger partial charge is 0.451 e. The highest BCUT2D eigenvalue weighted by Gasteiger charge is 2.19. The number of hydrogen-bond acceptors (Lipinski definition) is 4. The molecule has 0 saturated carbocycles. The van der Waals surface area contributed by atoms with Crippen LogP contribution in [0.25, 0.3) is 0 Å². The number of amides is 1. The summed E-state index contributed by atoms with van der Waals surface area (Å²) in [6.45, 7) is -0.371. The zero-order valence-electron chi connectivity index (χ0n) is 12.7. The summed E-state index contributed by atoms with van der Waals surface area (Å²) in [6, 6.07) is 6.80. The maximum atomic E-state index is 12.1. The fraction of sp³-hybridized carbons (Fsp3) is 0.294. The fourth-order valence-corrected chi connectivity index (χ4v) is 4.08. The van der Waals surface area contributed by atoms with Gasteiger partial charge in [-0.15, -0.1) is 11.3 Å². The van der Waals surface area contributed by atoms with Crippen molar-refractivity contribution in [3.63, 3.8) is 0 Å². The van der Waals surface area contributed by atoms with E-state index in [1.807, 2.05) is 6.07 Å². The predicted octanol–water partition coefficient (Wildman–Crippen LogP) is 4.73. The van der Waals surface area contributed by atoms with Crippen molar-refractivity contribution in [1.29, 1.82) is 0 Å². The Kier molecular flexibility index (Phi) is 5.43. The number of fused-ring (bicyclic) bond motifs is 1. The van der Waals surface area contributed by atoms with Gasteiger partial charge < -0.3 is 10.1 Å². The standard InChI is InChI=1S/C17H15Cl2NO3S/c18-11-5-3-6-12(16(11)19)20-15(21)9-23-17(22)14-8-10-4-1-2-7-13(10)24-14/h3,5-6,8H,1-2,4,7,9H2,(H,20,21). The third-order valence-corrected chi connectivity index (χ3v) is 5.79. The minimum atomic E-state index is -0.471. The van der Waals surface area contributed by atoms with Crippen LogP contribution in [-0.2, 0) is 22.4 Å². The minimum absolute atomic E-state index is 0.254. The first-order valence-corrected chi connectivity index (χ1v) is 9.14. The molecule has 0 bridgehead atoms. The third-order valence-electron chi connectivity index (χ3n) is 3.76. The Bertz CT molecular complexity index is 765. The molecule has 7 heteroatoms. The summed E-state index contributed by atoms with van der Waals surface area (Å²) in [5.41, 5.74) is 1.62. The smallest absolute Gasteiger partial charge is 0.348 e. The lowest BCUT2D eigenvalue weighted by Gasteiger charge is -2.08. The normalized spacial score (nSPS) is 13.2. The number of benzene rings is 1. The van der Waals surface area contributed by atoms with Gasteiger partial charge in [0.25, 0.3) is 5.91 Å². The Morgan fingerprint density at radius 1 is 1.21 bits per heavy atom. The SMILES string of the molecule is O=C(COC(=O)c1cc2c(s1)CCCC2)Nc1cccc(Cl)c1Cl. The van der Waals surface area contributed by atoms with E-state index in [2.05, 4.69) is 5.32 Å². The molecule has 3 rings (SSSR count). The van der Waals surface area contributed by atoms with Crippen LogP contribution in [0.1, 0.15) is 33.0 Å². The van der Waals surface area contributed by atoms with Crippen LogP contribution >= 0.6 is 34.5 Å². The molecule has 1 amide bonds. The minimum Gasteiger partial charge on any atom is -0.451 e. The lowest BCUT2D eigenvalue weighted by molar-refractivity contribution is -0.119. The Morgan fingerprint density at radius 2 is 2.00 bits per heavy atom. The zero-order chi connectivity index (χ0) is 17.1. The second-order valence-corrected chi connectivity index (χ2v) is 7.41. The van der Waals surface area contributed by atoms with Crippen LogP contribution in [0.5, 0.6) is 0 Å². The molecule has 2 aromatic rings. The van der Waals surface area contributed by atoms with E-state index in [1.54, 1.807) is 18.2 Å². The van der Waals surface area contributed by atoms with E-state index >= 15 is 0 Å². The molecule has 1 aliphatic rings. The second kappa shape index (κ2) is 7.55. The molecule has 4 nitrogen and oxygen atoms in total. The van der Waals surface area contributed by atoms with Crippen molar-refractivity contribution in [1.82, 2.24) is 0 Å². The maximum absolute atomic E-state index is 12.1. The molecule has 1 aromatic carbocycles. The molecule has 0 unspecified atom stereocenters. The van der Waals surface area contributed by atoms with Gasteiger partial charge in [-0.1, -0.05) is 29.3 Å². The van der Waals surface area contributed by atoms with E-state index in [0.717, 1.165) is 25.7 Å². The Morgan fingerprint density at radius 3 is 2.79 bits per heavy atom. The number of thiophene rings is 1. The van der Waals surface area contributed by atoms with Gasteiger partial charge in [0, 0.05) is 4.88 Å². The molecule has 0 radical (unpaired) electrons. The van der Waals surface area contributed by atoms with E-state index < -0.39 is 11.9 Å². The van der Waals surface area contributed by atoms with Gasteiger partial charge in [-0.2, -0.15) is 0 Å². The van der Waals surface area contributed by atoms with E-state index in [-0.39, 0.29) is 11.6 Å². The third kappa shape index (κ3) is 3.91. The summed E-state index contributed by atoms with van der Waals surface area (Å²) < 4.78 is 5.09. The molecular formula is C17H15Cl2NO3S. The van der Waals surface area contributed by atoms with Crippen molar-refractivity contribution in [2.45, 2.75) is 25.7 Å². The molecule has 1 aromatic heterocycles. The first kappa shape index (κ1) is 17.3. The molecule has 1 aliphatic carbocycles. The number of aryl methyl sites for hydroxylation is 2. The molecule has 24 heavy (non-hydrogen) atoms. The molecule has 0 aliphatic heterocycles. The molecular weight excluding hydrogens is 369 g/mol. The number of halogens is 2. The molecule has 1 N–H and O–H groups in total. The summed E-state index contributed by atoms with van der Waals surface area (Å²) in [6.07, 6.45) is 4.33. The van der Waals surface area contributed by atoms with E-state index in [1.165, 1.54) is 21.8 Å². The summed E-state index contributed by atoms with van der Waals surface area (Å²) in [5.74, 6) is -0.935. The number of esters is 1. The summed E-state index contributed by atoms with van der Waals surface area (Å²) in [7, 11) is 0. The number of anilines is 1. The molecule has 0 spiro atoms. The van der Waals surface area contributed by atoms with E-state index in [9.17, 15) is 9.59 Å². The van der Waals surface area contributed by atoms with Gasteiger partial charge in [0.05, 0.1) is 15.7 Å². The molecule has 126 valence electrons. The molecule has 0 atom stereocenters. The number of ether oxygens (including phenoxy) is 1. The quantitative estimate of drug-likeness (QED) is 0.776. The highest BCUT2D eigenvalue weighted by atomic mass is 35.5. The van der Waals surface area contributed by atoms with Crippen molar-refractivity contribution in [2.24, 2.45) is 0 Å². The van der Waals surface area contributed by atoms with Gasteiger partial charge in [-0.05, 0) is 49.4 Å². The van der Waals surface area contributed by atoms with Gasteiger partial charge >= 0.3 is 5.97 Å². The van der Waals surface area contributed by atoms with Gasteiger partial charge in [-0.3, -0.25) is 4.79 Å². The number of nitrogens with one attached hydrogen (secondary N) is 1. The van der Waals surface area contributed by atoms with Gasteiger partial charge in [-0.25, -0.2) is 4.79 Å². The van der Waals surface area contributed by atoms with Gasteiger partial charge in [0.1, 0.15) is 4.88 Å². The molecule has 0 saturated heterocycles. The van der Waals surface area contributed by atoms with Crippen LogP contribution in [0.3, 0.4) is 0 Å². The van der Waals surface area contributed by atoms with Gasteiger partial charge in [0.2, 0.25) is 0 Å². The number of hydrogen-bond donors (Lipinski definition) is 1. The molecule has 0 fully saturated rings. The second-order valence-electron chi connectivity index (χ2n) is 5.49. The van der Waals surface area contributed by atoms with Gasteiger partial charge in [0.15, 0.2) is 6.61 Å². The van der Waals surface area contributed by atoms with Crippen LogP contribution in [0.15, 0.2) is 24.3 Å². The lowest BCUT2D eigenvalue weighted by Crippen LogP contribution is -2.20. The van der Waals surface area contributed by atoms with E-state index in [0.29, 0.717) is 15.6 Å². The summed E-state index contributed by atoms with van der Waals surface area (Å²) in [5, 5.41) is 3.18. The van der Waals surface area contributed by atoms with Crippen LogP contribution < -0.4 is 5.32 Å². The Hall–Kier alpha value is -1.56. The highest BCUT2D eigenvalue weighted by molar-refractivity contribution is 7.14. The first-order valence-electron chi connectivity index (χ1n) is 7.57. The predicted molar refractivity (Wildman–Crippen MR) is 96.3 cm³/mol. The monoisotopic (exact) mass is 383 g/mol. The lowest BCUT2D eigenvalue weighted by atomic mass is 9.99. The number of carbonyl (C=O) groups excluding carboxylic acids is 2. The highest BCUT2D eigenvalue weighted by Crippen LogP contribution is 2.31. The summed E-state index contributed by atoms with van der Waals surface area (Å²) >= 11 is 13.3. The number of rotatable bonds is 4. The first-order chi connectivity index (χ1) is 11.5. The van der Waals surface area contributed by atoms with Crippen molar-refractivity contribution in [3.8, 4) is 0 Å². The average molecular weight is 384 g/mol. The molecule has 1 heterocycles. The van der Waals surface area contributed by atoms with Crippen molar-refractivity contribution >= 4 is 52.1 Å². The van der Waals surface area contributed by atoms with Crippen LogP contribution in [0, 0.1) is 0 Å². The topological polar surface area (TPSA) is 55.4 Å². The average Bonchev–Trinajstić information content (AvgIpc) is 3.01. The van der Waals surface area contributed by atoms with Crippen molar-refractivity contribution in [3.05, 3.63) is 49.6 Å². The number of carbonyl (C=O) groups is 2. The van der Waals surface area contributed by atoms with Crippen molar-refractivity contribution < 1.29 is 14.3 Å². The maximum Gasteiger partial charge on any atom is 0.348 e. The summed E-state index contributed by atoms with van der Waals surface area (Å²) in [4.78, 5) is 25.8. The van der Waals surface area contributed by atoms with E-state index in [4.69, 9.17) is 27.9 Å². The zero-order valence-corrected chi connectivity index (χ0v) is 15.1.